The second kappa shape index (κ2) is 5.33. The first kappa shape index (κ1) is 13.3. The van der Waals surface area contributed by atoms with Crippen molar-refractivity contribution in [3.63, 3.8) is 0 Å². The van der Waals surface area contributed by atoms with Crippen molar-refractivity contribution in [2.75, 3.05) is 7.05 Å². The van der Waals surface area contributed by atoms with Crippen molar-refractivity contribution in [2.24, 2.45) is 0 Å². The van der Waals surface area contributed by atoms with Gasteiger partial charge in [0, 0.05) is 18.7 Å². The van der Waals surface area contributed by atoms with Crippen molar-refractivity contribution in [3.8, 4) is 0 Å². The molecule has 3 rings (SSSR count). The first-order valence-corrected chi connectivity index (χ1v) is 6.29. The normalized spacial score (nSPS) is 11.3. The minimum atomic E-state index is -1.01. The molecule has 0 aliphatic heterocycles. The minimum Gasteiger partial charge on any atom is -0.477 e. The molecule has 2 N–H and O–H groups in total. The fraction of sp³-hybridized carbons (Fsp3) is 0.231. The van der Waals surface area contributed by atoms with Gasteiger partial charge in [0.25, 0.3) is 0 Å². The number of carbonyl (C=O) groups is 1. The van der Waals surface area contributed by atoms with E-state index in [1.165, 1.54) is 6.20 Å². The summed E-state index contributed by atoms with van der Waals surface area (Å²) >= 11 is 0. The van der Waals surface area contributed by atoms with Crippen LogP contribution in [0.4, 0.5) is 0 Å². The number of fused-ring (bicyclic) bond motifs is 1. The Hall–Kier alpha value is -2.74. The van der Waals surface area contributed by atoms with Crippen molar-refractivity contribution in [1.29, 1.82) is 0 Å². The first-order chi connectivity index (χ1) is 10.1. The van der Waals surface area contributed by atoms with E-state index in [0.717, 1.165) is 5.56 Å². The number of aromatic carboxylic acids is 1. The van der Waals surface area contributed by atoms with Crippen LogP contribution in [0.15, 0.2) is 29.0 Å². The summed E-state index contributed by atoms with van der Waals surface area (Å²) in [6.45, 7) is 1.13. The van der Waals surface area contributed by atoms with E-state index in [4.69, 9.17) is 5.11 Å². The summed E-state index contributed by atoms with van der Waals surface area (Å²) in [4.78, 5) is 13.0. The van der Waals surface area contributed by atoms with Gasteiger partial charge in [0.2, 0.25) is 0 Å². The van der Waals surface area contributed by atoms with Crippen LogP contribution >= 0.6 is 0 Å². The molecule has 0 spiro atoms. The smallest absolute Gasteiger partial charge is 0.354 e. The van der Waals surface area contributed by atoms with Crippen LogP contribution in [-0.2, 0) is 13.1 Å². The van der Waals surface area contributed by atoms with Gasteiger partial charge in [0.05, 0.1) is 6.20 Å². The van der Waals surface area contributed by atoms with E-state index < -0.39 is 5.97 Å². The van der Waals surface area contributed by atoms with Crippen molar-refractivity contribution in [1.82, 2.24) is 25.4 Å². The molecule has 0 saturated carbocycles. The van der Waals surface area contributed by atoms with Gasteiger partial charge in [0.15, 0.2) is 0 Å². The van der Waals surface area contributed by atoms with Gasteiger partial charge in [-0.25, -0.2) is 9.42 Å². The molecule has 0 aliphatic carbocycles. The number of hydrogen-bond acceptors (Lipinski definition) is 6. The van der Waals surface area contributed by atoms with Crippen LogP contribution in [0.1, 0.15) is 21.6 Å². The topological polar surface area (TPSA) is 108 Å². The van der Waals surface area contributed by atoms with Crippen molar-refractivity contribution >= 4 is 17.0 Å². The Morgan fingerprint density at radius 3 is 2.95 bits per heavy atom. The molecule has 0 radical (unpaired) electrons. The Bertz CT molecular complexity index is 779. The summed E-state index contributed by atoms with van der Waals surface area (Å²) in [7, 11) is 1.91. The third-order valence-electron chi connectivity index (χ3n) is 3.14. The molecule has 0 saturated heterocycles. The fourth-order valence-electron chi connectivity index (χ4n) is 2.20. The van der Waals surface area contributed by atoms with Gasteiger partial charge in [-0.3, -0.25) is 10.00 Å². The Balaban J connectivity index is 1.72. The highest BCUT2D eigenvalue weighted by atomic mass is 16.6. The molecule has 2 aromatic heterocycles. The molecule has 0 aliphatic rings. The molecule has 0 unspecified atom stereocenters. The summed E-state index contributed by atoms with van der Waals surface area (Å²) in [5.74, 6) is -1.01. The van der Waals surface area contributed by atoms with Crippen LogP contribution in [0.25, 0.3) is 11.0 Å². The average Bonchev–Trinajstić information content (AvgIpc) is 3.06. The van der Waals surface area contributed by atoms with Crippen LogP contribution in [0.3, 0.4) is 0 Å². The molecule has 0 fully saturated rings. The average molecular weight is 287 g/mol. The lowest BCUT2D eigenvalue weighted by Gasteiger charge is -2.16. The summed E-state index contributed by atoms with van der Waals surface area (Å²) in [5, 5.41) is 22.9. The second-order valence-electron chi connectivity index (χ2n) is 4.83. The van der Waals surface area contributed by atoms with Crippen molar-refractivity contribution in [3.05, 3.63) is 41.2 Å². The van der Waals surface area contributed by atoms with E-state index >= 15 is 0 Å². The maximum atomic E-state index is 11.0. The van der Waals surface area contributed by atoms with E-state index in [2.05, 4.69) is 25.1 Å². The van der Waals surface area contributed by atoms with E-state index in [1.54, 1.807) is 0 Å². The Morgan fingerprint density at radius 1 is 1.33 bits per heavy atom. The van der Waals surface area contributed by atoms with Crippen LogP contribution in [0.5, 0.6) is 0 Å². The Morgan fingerprint density at radius 2 is 2.14 bits per heavy atom. The third-order valence-corrected chi connectivity index (χ3v) is 3.14. The maximum absolute atomic E-state index is 11.0. The van der Waals surface area contributed by atoms with Gasteiger partial charge in [-0.1, -0.05) is 6.07 Å². The highest BCUT2D eigenvalue weighted by Crippen LogP contribution is 2.15. The predicted octanol–water partition coefficient (Wildman–Crippen LogP) is 1.28. The molecule has 3 aromatic rings. The van der Waals surface area contributed by atoms with Gasteiger partial charge in [-0.2, -0.15) is 5.10 Å². The van der Waals surface area contributed by atoms with E-state index in [0.29, 0.717) is 29.7 Å². The van der Waals surface area contributed by atoms with E-state index in [1.807, 2.05) is 30.1 Å². The zero-order chi connectivity index (χ0) is 14.8. The summed E-state index contributed by atoms with van der Waals surface area (Å²) in [6.07, 6.45) is 1.53. The predicted molar refractivity (Wildman–Crippen MR) is 72.5 cm³/mol. The van der Waals surface area contributed by atoms with Crippen LogP contribution < -0.4 is 0 Å². The second-order valence-corrected chi connectivity index (χ2v) is 4.83. The maximum Gasteiger partial charge on any atom is 0.354 e. The number of carboxylic acid groups (broad SMARTS) is 1. The van der Waals surface area contributed by atoms with Gasteiger partial charge >= 0.3 is 5.97 Å². The lowest BCUT2D eigenvalue weighted by molar-refractivity contribution is 0.0688. The monoisotopic (exact) mass is 287 g/mol. The van der Waals surface area contributed by atoms with Crippen molar-refractivity contribution < 1.29 is 14.5 Å². The number of rotatable bonds is 5. The molecule has 1 aromatic carbocycles. The lowest BCUT2D eigenvalue weighted by atomic mass is 10.1. The number of nitrogens with one attached hydrogen (secondary N) is 1. The number of nitrogens with zero attached hydrogens (tertiary/aromatic N) is 4. The Labute approximate surface area is 119 Å². The molecule has 2 heterocycles. The number of benzene rings is 1. The molecule has 8 heteroatoms. The van der Waals surface area contributed by atoms with Gasteiger partial charge in [-0.15, -0.1) is 0 Å². The molecular weight excluding hydrogens is 274 g/mol. The van der Waals surface area contributed by atoms with Gasteiger partial charge in [-0.05, 0) is 35.1 Å². The Kier molecular flexibility index (Phi) is 3.36. The van der Waals surface area contributed by atoms with Crippen LogP contribution in [-0.4, -0.2) is 43.5 Å². The number of H-pyrrole nitrogens is 1. The van der Waals surface area contributed by atoms with Gasteiger partial charge in [0.1, 0.15) is 16.7 Å². The molecule has 108 valence electrons. The molecular formula is C13H13N5O3. The molecule has 0 bridgehead atoms. The number of carboxylic acids is 1. The largest absolute Gasteiger partial charge is 0.477 e. The summed E-state index contributed by atoms with van der Waals surface area (Å²) < 4.78 is 4.66. The van der Waals surface area contributed by atoms with Gasteiger partial charge < -0.3 is 5.11 Å². The van der Waals surface area contributed by atoms with Crippen LogP contribution in [0.2, 0.25) is 0 Å². The molecule has 8 nitrogen and oxygen atoms in total. The number of aromatic amines is 1. The summed E-state index contributed by atoms with van der Waals surface area (Å²) in [6, 6.07) is 5.68. The van der Waals surface area contributed by atoms with E-state index in [-0.39, 0.29) is 5.69 Å². The highest BCUT2D eigenvalue weighted by molar-refractivity contribution is 5.86. The van der Waals surface area contributed by atoms with Crippen LogP contribution in [0, 0.1) is 0 Å². The fourth-order valence-corrected chi connectivity index (χ4v) is 2.20. The van der Waals surface area contributed by atoms with E-state index in [9.17, 15) is 4.79 Å². The SMILES string of the molecule is CN(Cc1ccc2nonc2c1)Cc1cn[nH]c1C(=O)O. The molecule has 0 amide bonds. The minimum absolute atomic E-state index is 0.123. The third kappa shape index (κ3) is 2.75. The zero-order valence-corrected chi connectivity index (χ0v) is 11.3. The van der Waals surface area contributed by atoms with Crippen molar-refractivity contribution in [2.45, 2.75) is 13.1 Å². The number of hydrogen-bond donors (Lipinski definition) is 2. The zero-order valence-electron chi connectivity index (χ0n) is 11.3. The quantitative estimate of drug-likeness (QED) is 0.727. The highest BCUT2D eigenvalue weighted by Gasteiger charge is 2.14. The number of aromatic nitrogens is 4. The molecule has 21 heavy (non-hydrogen) atoms. The first-order valence-electron chi connectivity index (χ1n) is 6.29. The summed E-state index contributed by atoms with van der Waals surface area (Å²) in [5.41, 5.74) is 3.23. The lowest BCUT2D eigenvalue weighted by Crippen LogP contribution is -2.18. The molecule has 0 atom stereocenters. The standard InChI is InChI=1S/C13H13N5O3/c1-18(7-9-5-14-15-12(9)13(19)20)6-8-2-3-10-11(4-8)17-21-16-10/h2-5H,6-7H2,1H3,(H,14,15)(H,19,20).